The van der Waals surface area contributed by atoms with Crippen LogP contribution in [0.1, 0.15) is 17.2 Å². The summed E-state index contributed by atoms with van der Waals surface area (Å²) >= 11 is 0. The lowest BCUT2D eigenvalue weighted by atomic mass is 9.97. The van der Waals surface area contributed by atoms with Crippen LogP contribution in [0.5, 0.6) is 17.2 Å². The Balaban J connectivity index is 2.18. The van der Waals surface area contributed by atoms with E-state index in [0.29, 0.717) is 17.1 Å². The molecule has 0 amide bonds. The van der Waals surface area contributed by atoms with E-state index in [1.807, 2.05) is 18.2 Å². The van der Waals surface area contributed by atoms with Crippen molar-refractivity contribution in [1.82, 2.24) is 0 Å². The number of rotatable bonds is 0. The number of hydrogen-bond donors (Lipinski definition) is 2. The number of aliphatic hydroxyl groups excluding tert-OH is 1. The minimum Gasteiger partial charge on any atom is -0.508 e. The number of phenolic OH excluding ortho intramolecular Hbond substituents is 1. The summed E-state index contributed by atoms with van der Waals surface area (Å²) in [7, 11) is 0. The van der Waals surface area contributed by atoms with Crippen LogP contribution in [0, 0.1) is 0 Å². The first-order chi connectivity index (χ1) is 7.75. The average Bonchev–Trinajstić information content (AvgIpc) is 2.29. The molecule has 16 heavy (non-hydrogen) atoms. The Hall–Kier alpha value is -2.00. The number of ether oxygens (including phenoxy) is 1. The molecular weight excluding hydrogens is 204 g/mol. The number of aliphatic hydroxyl groups is 1. The van der Waals surface area contributed by atoms with Crippen molar-refractivity contribution in [3.05, 3.63) is 53.6 Å². The third-order valence-electron chi connectivity index (χ3n) is 2.73. The first kappa shape index (κ1) is 9.24. The number of phenols is 1. The van der Waals surface area contributed by atoms with E-state index in [1.165, 1.54) is 6.07 Å². The first-order valence-corrected chi connectivity index (χ1v) is 5.03. The molecule has 3 rings (SSSR count). The van der Waals surface area contributed by atoms with E-state index in [2.05, 4.69) is 0 Å². The Labute approximate surface area is 92.5 Å². The Morgan fingerprint density at radius 2 is 1.69 bits per heavy atom. The van der Waals surface area contributed by atoms with Crippen LogP contribution < -0.4 is 4.74 Å². The SMILES string of the molecule is Oc1ccc2c(c1)Oc1ccccc1C2O. The lowest BCUT2D eigenvalue weighted by Crippen LogP contribution is -2.09. The zero-order valence-corrected chi connectivity index (χ0v) is 8.42. The van der Waals surface area contributed by atoms with E-state index in [0.717, 1.165) is 5.56 Å². The normalized spacial score (nSPS) is 17.2. The van der Waals surface area contributed by atoms with Crippen LogP contribution in [-0.2, 0) is 0 Å². The maximum Gasteiger partial charge on any atom is 0.137 e. The molecule has 1 aliphatic heterocycles. The fraction of sp³-hybridized carbons (Fsp3) is 0.0769. The molecular formula is C13H10O3. The van der Waals surface area contributed by atoms with Crippen LogP contribution in [-0.4, -0.2) is 10.2 Å². The van der Waals surface area contributed by atoms with Gasteiger partial charge in [0.1, 0.15) is 23.4 Å². The quantitative estimate of drug-likeness (QED) is 0.708. The van der Waals surface area contributed by atoms with Gasteiger partial charge in [0.25, 0.3) is 0 Å². The van der Waals surface area contributed by atoms with Crippen molar-refractivity contribution < 1.29 is 14.9 Å². The number of hydrogen-bond acceptors (Lipinski definition) is 3. The third kappa shape index (κ3) is 1.26. The van der Waals surface area contributed by atoms with Gasteiger partial charge in [0.05, 0.1) is 0 Å². The summed E-state index contributed by atoms with van der Waals surface area (Å²) in [5, 5.41) is 19.5. The Kier molecular flexibility index (Phi) is 1.88. The predicted octanol–water partition coefficient (Wildman–Crippen LogP) is 2.58. The van der Waals surface area contributed by atoms with Gasteiger partial charge in [0.15, 0.2) is 0 Å². The van der Waals surface area contributed by atoms with Crippen LogP contribution in [0.3, 0.4) is 0 Å². The molecule has 1 atom stereocenters. The van der Waals surface area contributed by atoms with Gasteiger partial charge in [0, 0.05) is 17.2 Å². The van der Waals surface area contributed by atoms with Crippen molar-refractivity contribution in [1.29, 1.82) is 0 Å². The maximum atomic E-state index is 10.1. The van der Waals surface area contributed by atoms with Crippen LogP contribution >= 0.6 is 0 Å². The van der Waals surface area contributed by atoms with E-state index in [-0.39, 0.29) is 5.75 Å². The molecule has 2 N–H and O–H groups in total. The first-order valence-electron chi connectivity index (χ1n) is 5.03. The summed E-state index contributed by atoms with van der Waals surface area (Å²) in [4.78, 5) is 0. The minimum absolute atomic E-state index is 0.130. The molecule has 2 aromatic rings. The molecule has 0 aromatic heterocycles. The van der Waals surface area contributed by atoms with Crippen molar-refractivity contribution in [2.24, 2.45) is 0 Å². The highest BCUT2D eigenvalue weighted by Crippen LogP contribution is 2.43. The smallest absolute Gasteiger partial charge is 0.137 e. The number of fused-ring (bicyclic) bond motifs is 2. The summed E-state index contributed by atoms with van der Waals surface area (Å²) in [6, 6.07) is 12.1. The van der Waals surface area contributed by atoms with Gasteiger partial charge in [-0.15, -0.1) is 0 Å². The third-order valence-corrected chi connectivity index (χ3v) is 2.73. The number of aromatic hydroxyl groups is 1. The van der Waals surface area contributed by atoms with E-state index in [4.69, 9.17) is 4.74 Å². The minimum atomic E-state index is -0.694. The molecule has 0 spiro atoms. The van der Waals surface area contributed by atoms with Gasteiger partial charge in [-0.3, -0.25) is 0 Å². The molecule has 0 saturated carbocycles. The molecule has 1 heterocycles. The fourth-order valence-electron chi connectivity index (χ4n) is 1.92. The standard InChI is InChI=1S/C13H10O3/c14-8-5-6-10-12(7-8)16-11-4-2-1-3-9(11)13(10)15/h1-7,13-15H. The average molecular weight is 214 g/mol. The van der Waals surface area contributed by atoms with E-state index < -0.39 is 6.10 Å². The van der Waals surface area contributed by atoms with E-state index >= 15 is 0 Å². The van der Waals surface area contributed by atoms with E-state index in [9.17, 15) is 10.2 Å². The summed E-state index contributed by atoms with van der Waals surface area (Å²) < 4.78 is 5.61. The summed E-state index contributed by atoms with van der Waals surface area (Å²) in [5.41, 5.74) is 1.43. The monoisotopic (exact) mass is 214 g/mol. The Morgan fingerprint density at radius 1 is 0.938 bits per heavy atom. The van der Waals surface area contributed by atoms with Crippen molar-refractivity contribution in [3.63, 3.8) is 0 Å². The Bertz CT molecular complexity index is 549. The maximum absolute atomic E-state index is 10.1. The predicted molar refractivity (Wildman–Crippen MR) is 58.7 cm³/mol. The van der Waals surface area contributed by atoms with Gasteiger partial charge in [0.2, 0.25) is 0 Å². The Morgan fingerprint density at radius 3 is 2.56 bits per heavy atom. The highest BCUT2D eigenvalue weighted by atomic mass is 16.5. The van der Waals surface area contributed by atoms with Gasteiger partial charge in [-0.05, 0) is 18.2 Å². The topological polar surface area (TPSA) is 49.7 Å². The van der Waals surface area contributed by atoms with Gasteiger partial charge in [-0.1, -0.05) is 18.2 Å². The highest BCUT2D eigenvalue weighted by Gasteiger charge is 2.25. The van der Waals surface area contributed by atoms with Gasteiger partial charge in [-0.2, -0.15) is 0 Å². The summed E-state index contributed by atoms with van der Waals surface area (Å²) in [6.07, 6.45) is -0.694. The zero-order chi connectivity index (χ0) is 11.1. The number of benzene rings is 2. The lowest BCUT2D eigenvalue weighted by Gasteiger charge is -2.24. The van der Waals surface area contributed by atoms with Gasteiger partial charge >= 0.3 is 0 Å². The second kappa shape index (κ2) is 3.25. The van der Waals surface area contributed by atoms with Crippen LogP contribution in [0.4, 0.5) is 0 Å². The summed E-state index contributed by atoms with van der Waals surface area (Å²) in [6.45, 7) is 0. The summed E-state index contributed by atoms with van der Waals surface area (Å²) in [5.74, 6) is 1.27. The van der Waals surface area contributed by atoms with Crippen molar-refractivity contribution >= 4 is 0 Å². The molecule has 3 nitrogen and oxygen atoms in total. The van der Waals surface area contributed by atoms with Crippen LogP contribution in [0.25, 0.3) is 0 Å². The fourth-order valence-corrected chi connectivity index (χ4v) is 1.92. The zero-order valence-electron chi connectivity index (χ0n) is 8.42. The molecule has 1 unspecified atom stereocenters. The van der Waals surface area contributed by atoms with Crippen LogP contribution in [0.2, 0.25) is 0 Å². The van der Waals surface area contributed by atoms with Gasteiger partial charge in [-0.25, -0.2) is 0 Å². The molecule has 0 radical (unpaired) electrons. The highest BCUT2D eigenvalue weighted by molar-refractivity contribution is 5.53. The van der Waals surface area contributed by atoms with Gasteiger partial charge < -0.3 is 14.9 Å². The molecule has 0 saturated heterocycles. The molecule has 0 bridgehead atoms. The van der Waals surface area contributed by atoms with Crippen LogP contribution in [0.15, 0.2) is 42.5 Å². The van der Waals surface area contributed by atoms with Crippen molar-refractivity contribution in [2.45, 2.75) is 6.10 Å². The molecule has 0 fully saturated rings. The lowest BCUT2D eigenvalue weighted by molar-refractivity contribution is 0.202. The largest absolute Gasteiger partial charge is 0.508 e. The molecule has 1 aliphatic rings. The second-order valence-electron chi connectivity index (χ2n) is 3.76. The molecule has 80 valence electrons. The number of para-hydroxylation sites is 1. The molecule has 0 aliphatic carbocycles. The molecule has 3 heteroatoms. The van der Waals surface area contributed by atoms with Crippen molar-refractivity contribution in [3.8, 4) is 17.2 Å². The van der Waals surface area contributed by atoms with Crippen molar-refractivity contribution in [2.75, 3.05) is 0 Å². The second-order valence-corrected chi connectivity index (χ2v) is 3.76. The molecule has 2 aromatic carbocycles. The van der Waals surface area contributed by atoms with E-state index in [1.54, 1.807) is 18.2 Å².